The summed E-state index contributed by atoms with van der Waals surface area (Å²) < 4.78 is 19.6. The van der Waals surface area contributed by atoms with Crippen LogP contribution in [0.3, 0.4) is 0 Å². The minimum atomic E-state index is -0.629. The highest BCUT2D eigenvalue weighted by Crippen LogP contribution is 2.27. The lowest BCUT2D eigenvalue weighted by Gasteiger charge is -2.15. The van der Waals surface area contributed by atoms with Gasteiger partial charge in [-0.1, -0.05) is 15.9 Å². The summed E-state index contributed by atoms with van der Waals surface area (Å²) in [5.41, 5.74) is 2.53. The van der Waals surface area contributed by atoms with Crippen LogP contribution in [0.2, 0.25) is 0 Å². The minimum absolute atomic E-state index is 0.173. The quantitative estimate of drug-likeness (QED) is 0.736. The van der Waals surface area contributed by atoms with Crippen molar-refractivity contribution in [2.45, 2.75) is 26.9 Å². The molecule has 2 nitrogen and oxygen atoms in total. The van der Waals surface area contributed by atoms with Crippen molar-refractivity contribution in [1.29, 1.82) is 0 Å². The summed E-state index contributed by atoms with van der Waals surface area (Å²) in [7, 11) is 0. The molecule has 0 bridgehead atoms. The molecule has 0 saturated heterocycles. The van der Waals surface area contributed by atoms with Crippen molar-refractivity contribution < 1.29 is 13.9 Å². The molecule has 2 rings (SSSR count). The standard InChI is InChI=1S/C17H16BrFO2/c1-10-8-15(9-11(2)16(10)18)21-12(3)17(20)13-4-6-14(19)7-5-13/h4-9,12H,1-3H3. The lowest BCUT2D eigenvalue weighted by Crippen LogP contribution is -2.24. The largest absolute Gasteiger partial charge is 0.483 e. The molecule has 0 N–H and O–H groups in total. The van der Waals surface area contributed by atoms with E-state index in [0.29, 0.717) is 11.3 Å². The lowest BCUT2D eigenvalue weighted by atomic mass is 10.1. The maximum absolute atomic E-state index is 12.9. The summed E-state index contributed by atoms with van der Waals surface area (Å²) in [6.45, 7) is 5.63. The molecular formula is C17H16BrFO2. The molecule has 110 valence electrons. The van der Waals surface area contributed by atoms with Crippen molar-refractivity contribution in [2.75, 3.05) is 0 Å². The molecule has 0 aliphatic carbocycles. The van der Waals surface area contributed by atoms with E-state index in [1.165, 1.54) is 24.3 Å². The molecule has 2 aromatic carbocycles. The van der Waals surface area contributed by atoms with Crippen LogP contribution in [-0.4, -0.2) is 11.9 Å². The summed E-state index contributed by atoms with van der Waals surface area (Å²) in [6, 6.07) is 9.24. The average Bonchev–Trinajstić information content (AvgIpc) is 2.44. The van der Waals surface area contributed by atoms with Gasteiger partial charge in [-0.2, -0.15) is 0 Å². The molecule has 0 aromatic heterocycles. The van der Waals surface area contributed by atoms with E-state index in [-0.39, 0.29) is 11.6 Å². The zero-order valence-electron chi connectivity index (χ0n) is 12.1. The number of hydrogen-bond acceptors (Lipinski definition) is 2. The number of ether oxygens (including phenoxy) is 1. The molecule has 0 amide bonds. The fourth-order valence-corrected chi connectivity index (χ4v) is 2.31. The van der Waals surface area contributed by atoms with Gasteiger partial charge in [0.1, 0.15) is 11.6 Å². The zero-order chi connectivity index (χ0) is 15.6. The number of rotatable bonds is 4. The van der Waals surface area contributed by atoms with Crippen molar-refractivity contribution in [2.24, 2.45) is 0 Å². The van der Waals surface area contributed by atoms with Crippen LogP contribution in [-0.2, 0) is 0 Å². The van der Waals surface area contributed by atoms with Crippen molar-refractivity contribution in [3.63, 3.8) is 0 Å². The first-order valence-electron chi connectivity index (χ1n) is 6.61. The molecule has 0 fully saturated rings. The Morgan fingerprint density at radius 1 is 1.14 bits per heavy atom. The maximum atomic E-state index is 12.9. The second-order valence-electron chi connectivity index (χ2n) is 5.00. The highest BCUT2D eigenvalue weighted by Gasteiger charge is 2.17. The summed E-state index contributed by atoms with van der Waals surface area (Å²) >= 11 is 3.49. The summed E-state index contributed by atoms with van der Waals surface area (Å²) in [6.07, 6.45) is -0.629. The molecule has 0 heterocycles. The van der Waals surface area contributed by atoms with Crippen LogP contribution < -0.4 is 4.74 Å². The first kappa shape index (κ1) is 15.7. The van der Waals surface area contributed by atoms with Gasteiger partial charge in [0.25, 0.3) is 0 Å². The number of halogens is 2. The maximum Gasteiger partial charge on any atom is 0.202 e. The highest BCUT2D eigenvalue weighted by atomic mass is 79.9. The topological polar surface area (TPSA) is 26.3 Å². The van der Waals surface area contributed by atoms with Gasteiger partial charge in [-0.15, -0.1) is 0 Å². The van der Waals surface area contributed by atoms with Gasteiger partial charge in [0.05, 0.1) is 0 Å². The van der Waals surface area contributed by atoms with Gasteiger partial charge in [0, 0.05) is 10.0 Å². The summed E-state index contributed by atoms with van der Waals surface area (Å²) in [5.74, 6) is 0.115. The molecule has 0 radical (unpaired) electrons. The minimum Gasteiger partial charge on any atom is -0.483 e. The number of ketones is 1. The lowest BCUT2D eigenvalue weighted by molar-refractivity contribution is 0.0818. The van der Waals surface area contributed by atoms with E-state index in [1.54, 1.807) is 6.92 Å². The first-order chi connectivity index (χ1) is 9.88. The smallest absolute Gasteiger partial charge is 0.202 e. The monoisotopic (exact) mass is 350 g/mol. The molecule has 0 saturated carbocycles. The summed E-state index contributed by atoms with van der Waals surface area (Å²) in [4.78, 5) is 12.2. The van der Waals surface area contributed by atoms with Gasteiger partial charge >= 0.3 is 0 Å². The Kier molecular flexibility index (Phi) is 4.78. The van der Waals surface area contributed by atoms with Crippen molar-refractivity contribution in [1.82, 2.24) is 0 Å². The Morgan fingerprint density at radius 3 is 2.19 bits per heavy atom. The van der Waals surface area contributed by atoms with Crippen LogP contribution >= 0.6 is 15.9 Å². The van der Waals surface area contributed by atoms with Crippen molar-refractivity contribution in [3.8, 4) is 5.75 Å². The van der Waals surface area contributed by atoms with E-state index in [1.807, 2.05) is 26.0 Å². The predicted octanol–water partition coefficient (Wildman–Crippen LogP) is 4.86. The second-order valence-corrected chi connectivity index (χ2v) is 5.80. The highest BCUT2D eigenvalue weighted by molar-refractivity contribution is 9.10. The normalized spacial score (nSPS) is 12.0. The van der Waals surface area contributed by atoms with E-state index in [4.69, 9.17) is 4.74 Å². The Balaban J connectivity index is 2.16. The average molecular weight is 351 g/mol. The van der Waals surface area contributed by atoms with E-state index in [9.17, 15) is 9.18 Å². The molecule has 0 aliphatic heterocycles. The predicted molar refractivity (Wildman–Crippen MR) is 84.4 cm³/mol. The van der Waals surface area contributed by atoms with Crippen LogP contribution in [0.1, 0.15) is 28.4 Å². The van der Waals surface area contributed by atoms with E-state index >= 15 is 0 Å². The molecule has 21 heavy (non-hydrogen) atoms. The fourth-order valence-electron chi connectivity index (χ4n) is 2.08. The number of carbonyl (C=O) groups excluding carboxylic acids is 1. The SMILES string of the molecule is Cc1cc(OC(C)C(=O)c2ccc(F)cc2)cc(C)c1Br. The molecule has 2 aromatic rings. The van der Waals surface area contributed by atoms with E-state index in [2.05, 4.69) is 15.9 Å². The van der Waals surface area contributed by atoms with Gasteiger partial charge < -0.3 is 4.74 Å². The Hall–Kier alpha value is -1.68. The van der Waals surface area contributed by atoms with Gasteiger partial charge in [0.2, 0.25) is 5.78 Å². The molecule has 1 atom stereocenters. The van der Waals surface area contributed by atoms with Crippen LogP contribution in [0, 0.1) is 19.7 Å². The second kappa shape index (κ2) is 6.39. The van der Waals surface area contributed by atoms with Gasteiger partial charge in [-0.05, 0) is 68.3 Å². The van der Waals surface area contributed by atoms with E-state index < -0.39 is 6.10 Å². The van der Waals surface area contributed by atoms with Gasteiger partial charge in [-0.25, -0.2) is 4.39 Å². The summed E-state index contributed by atoms with van der Waals surface area (Å²) in [5, 5.41) is 0. The third-order valence-electron chi connectivity index (χ3n) is 3.22. The fraction of sp³-hybridized carbons (Fsp3) is 0.235. The van der Waals surface area contributed by atoms with Crippen molar-refractivity contribution in [3.05, 3.63) is 63.4 Å². The number of hydrogen-bond donors (Lipinski definition) is 0. The van der Waals surface area contributed by atoms with Gasteiger partial charge in [-0.3, -0.25) is 4.79 Å². The Bertz CT molecular complexity index is 642. The number of Topliss-reactive ketones (excluding diaryl/α,β-unsaturated/α-hetero) is 1. The number of carbonyl (C=O) groups is 1. The molecule has 0 aliphatic rings. The molecule has 4 heteroatoms. The Morgan fingerprint density at radius 2 is 1.67 bits per heavy atom. The third-order valence-corrected chi connectivity index (χ3v) is 4.47. The molecular weight excluding hydrogens is 335 g/mol. The Labute approximate surface area is 132 Å². The van der Waals surface area contributed by atoms with Crippen LogP contribution in [0.25, 0.3) is 0 Å². The molecule has 1 unspecified atom stereocenters. The van der Waals surface area contributed by atoms with Crippen molar-refractivity contribution >= 4 is 21.7 Å². The first-order valence-corrected chi connectivity index (χ1v) is 7.41. The zero-order valence-corrected chi connectivity index (χ0v) is 13.7. The van der Waals surface area contributed by atoms with Crippen LogP contribution in [0.15, 0.2) is 40.9 Å². The van der Waals surface area contributed by atoms with Crippen LogP contribution in [0.4, 0.5) is 4.39 Å². The number of aryl methyl sites for hydroxylation is 2. The van der Waals surface area contributed by atoms with E-state index in [0.717, 1.165) is 15.6 Å². The number of benzene rings is 2. The third kappa shape index (κ3) is 3.70. The van der Waals surface area contributed by atoms with Gasteiger partial charge in [0.15, 0.2) is 6.10 Å². The molecule has 0 spiro atoms. The van der Waals surface area contributed by atoms with Crippen LogP contribution in [0.5, 0.6) is 5.75 Å².